The van der Waals surface area contributed by atoms with Gasteiger partial charge in [0.25, 0.3) is 0 Å². The molecule has 0 bridgehead atoms. The molecule has 0 saturated carbocycles. The fraction of sp³-hybridized carbons (Fsp3) is 0.556. The first-order chi connectivity index (χ1) is 12.5. The summed E-state index contributed by atoms with van der Waals surface area (Å²) in [5, 5.41) is 10.2. The Labute approximate surface area is 153 Å². The van der Waals surface area contributed by atoms with Gasteiger partial charge in [-0.05, 0) is 31.2 Å². The molecule has 1 amide bonds. The molecular formula is C18H26N2O6. The third kappa shape index (κ3) is 5.89. The van der Waals surface area contributed by atoms with Crippen LogP contribution in [-0.2, 0) is 9.47 Å². The zero-order chi connectivity index (χ0) is 18.9. The molecule has 1 aliphatic rings. The maximum atomic E-state index is 11.7. The van der Waals surface area contributed by atoms with E-state index in [2.05, 4.69) is 9.64 Å². The first-order valence-electron chi connectivity index (χ1n) is 8.66. The zero-order valence-corrected chi connectivity index (χ0v) is 15.2. The molecule has 8 nitrogen and oxygen atoms in total. The highest BCUT2D eigenvalue weighted by Gasteiger charge is 2.23. The number of carbonyl (C=O) groups is 2. The van der Waals surface area contributed by atoms with E-state index in [1.54, 1.807) is 36.1 Å². The Morgan fingerprint density at radius 3 is 2.38 bits per heavy atom. The van der Waals surface area contributed by atoms with Crippen LogP contribution in [0.4, 0.5) is 4.79 Å². The van der Waals surface area contributed by atoms with Gasteiger partial charge < -0.3 is 24.2 Å². The number of aliphatic hydroxyl groups is 1. The molecule has 0 radical (unpaired) electrons. The molecule has 1 aliphatic heterocycles. The van der Waals surface area contributed by atoms with Gasteiger partial charge in [-0.3, -0.25) is 4.90 Å². The minimum Gasteiger partial charge on any atom is -0.491 e. The summed E-state index contributed by atoms with van der Waals surface area (Å²) in [5.41, 5.74) is 0.444. The normalized spacial score (nSPS) is 16.0. The van der Waals surface area contributed by atoms with E-state index < -0.39 is 12.1 Å². The van der Waals surface area contributed by atoms with Crippen LogP contribution in [0.15, 0.2) is 24.3 Å². The summed E-state index contributed by atoms with van der Waals surface area (Å²) < 4.78 is 15.2. The number of β-amino-alcohol motifs (C(OH)–C–C–N with tert-alkyl or cyclic N) is 1. The van der Waals surface area contributed by atoms with Crippen LogP contribution >= 0.6 is 0 Å². The van der Waals surface area contributed by atoms with Gasteiger partial charge in [0.15, 0.2) is 0 Å². The first-order valence-corrected chi connectivity index (χ1v) is 8.66. The number of hydrogen-bond donors (Lipinski definition) is 1. The number of aliphatic hydroxyl groups excluding tert-OH is 1. The summed E-state index contributed by atoms with van der Waals surface area (Å²) in [6, 6.07) is 6.55. The van der Waals surface area contributed by atoms with Gasteiger partial charge in [0, 0.05) is 32.7 Å². The average molecular weight is 366 g/mol. The Morgan fingerprint density at radius 1 is 1.15 bits per heavy atom. The van der Waals surface area contributed by atoms with E-state index >= 15 is 0 Å². The Morgan fingerprint density at radius 2 is 1.81 bits per heavy atom. The predicted octanol–water partition coefficient (Wildman–Crippen LogP) is 0.987. The molecule has 2 rings (SSSR count). The lowest BCUT2D eigenvalue weighted by Gasteiger charge is -2.34. The van der Waals surface area contributed by atoms with Crippen molar-refractivity contribution in [1.29, 1.82) is 0 Å². The Balaban J connectivity index is 1.70. The van der Waals surface area contributed by atoms with Gasteiger partial charge >= 0.3 is 12.1 Å². The second-order valence-electron chi connectivity index (χ2n) is 5.97. The Bertz CT molecular complexity index is 584. The number of rotatable bonds is 7. The highest BCUT2D eigenvalue weighted by molar-refractivity contribution is 5.89. The second-order valence-corrected chi connectivity index (χ2v) is 5.97. The summed E-state index contributed by atoms with van der Waals surface area (Å²) in [5.74, 6) is 0.169. The van der Waals surface area contributed by atoms with E-state index in [-0.39, 0.29) is 12.7 Å². The first kappa shape index (κ1) is 20.0. The molecule has 26 heavy (non-hydrogen) atoms. The summed E-state index contributed by atoms with van der Waals surface area (Å²) in [6.07, 6.45) is -0.934. The molecule has 144 valence electrons. The number of piperazine rings is 1. The topological polar surface area (TPSA) is 88.5 Å². The quantitative estimate of drug-likeness (QED) is 0.720. The number of methoxy groups -OCH3 is 1. The second kappa shape index (κ2) is 9.98. The smallest absolute Gasteiger partial charge is 0.409 e. The molecule has 1 aromatic carbocycles. The zero-order valence-electron chi connectivity index (χ0n) is 15.2. The van der Waals surface area contributed by atoms with Gasteiger partial charge in [-0.15, -0.1) is 0 Å². The van der Waals surface area contributed by atoms with Gasteiger partial charge in [-0.25, -0.2) is 9.59 Å². The minimum absolute atomic E-state index is 0.148. The van der Waals surface area contributed by atoms with Gasteiger partial charge in [0.2, 0.25) is 0 Å². The molecule has 0 spiro atoms. The number of benzene rings is 1. The summed E-state index contributed by atoms with van der Waals surface area (Å²) in [4.78, 5) is 26.8. The maximum Gasteiger partial charge on any atom is 0.409 e. The van der Waals surface area contributed by atoms with Crippen LogP contribution < -0.4 is 4.74 Å². The van der Waals surface area contributed by atoms with Crippen LogP contribution in [0, 0.1) is 0 Å². The number of carbonyl (C=O) groups excluding carboxylic acids is 2. The lowest BCUT2D eigenvalue weighted by molar-refractivity contribution is 0.0407. The molecule has 1 aromatic rings. The largest absolute Gasteiger partial charge is 0.491 e. The van der Waals surface area contributed by atoms with Crippen LogP contribution in [0.2, 0.25) is 0 Å². The summed E-state index contributed by atoms with van der Waals surface area (Å²) in [6.45, 7) is 5.31. The van der Waals surface area contributed by atoms with Crippen molar-refractivity contribution < 1.29 is 28.9 Å². The van der Waals surface area contributed by atoms with Crippen molar-refractivity contribution in [2.45, 2.75) is 13.0 Å². The fourth-order valence-electron chi connectivity index (χ4n) is 2.68. The molecule has 1 unspecified atom stereocenters. The third-order valence-corrected chi connectivity index (χ3v) is 4.09. The van der Waals surface area contributed by atoms with Gasteiger partial charge in [0.05, 0.1) is 19.3 Å². The SMILES string of the molecule is CCOC(=O)N1CCN(CC(O)COc2ccc(C(=O)OC)cc2)CC1. The van der Waals surface area contributed by atoms with E-state index in [4.69, 9.17) is 9.47 Å². The van der Waals surface area contributed by atoms with Crippen molar-refractivity contribution >= 4 is 12.1 Å². The van der Waals surface area contributed by atoms with Gasteiger partial charge in [-0.1, -0.05) is 0 Å². The van der Waals surface area contributed by atoms with E-state index in [1.807, 2.05) is 0 Å². The predicted molar refractivity (Wildman–Crippen MR) is 94.3 cm³/mol. The molecule has 0 aromatic heterocycles. The van der Waals surface area contributed by atoms with Crippen LogP contribution in [0.5, 0.6) is 5.75 Å². The van der Waals surface area contributed by atoms with Crippen molar-refractivity contribution in [3.05, 3.63) is 29.8 Å². The highest BCUT2D eigenvalue weighted by Crippen LogP contribution is 2.13. The fourth-order valence-corrected chi connectivity index (χ4v) is 2.68. The molecular weight excluding hydrogens is 340 g/mol. The number of esters is 1. The molecule has 1 heterocycles. The van der Waals surface area contributed by atoms with Crippen LogP contribution in [-0.4, -0.2) is 86.1 Å². The average Bonchev–Trinajstić information content (AvgIpc) is 2.67. The van der Waals surface area contributed by atoms with E-state index in [0.717, 1.165) is 0 Å². The molecule has 1 saturated heterocycles. The number of nitrogens with zero attached hydrogens (tertiary/aromatic N) is 2. The van der Waals surface area contributed by atoms with Crippen molar-refractivity contribution in [3.8, 4) is 5.75 Å². The lowest BCUT2D eigenvalue weighted by atomic mass is 10.2. The van der Waals surface area contributed by atoms with Crippen LogP contribution in [0.25, 0.3) is 0 Å². The molecule has 1 atom stereocenters. The monoisotopic (exact) mass is 366 g/mol. The van der Waals surface area contributed by atoms with Crippen molar-refractivity contribution in [3.63, 3.8) is 0 Å². The van der Waals surface area contributed by atoms with Crippen molar-refractivity contribution in [2.24, 2.45) is 0 Å². The molecule has 1 fully saturated rings. The molecule has 0 aliphatic carbocycles. The lowest BCUT2D eigenvalue weighted by Crippen LogP contribution is -2.51. The molecule has 8 heteroatoms. The summed E-state index contributed by atoms with van der Waals surface area (Å²) in [7, 11) is 1.33. The Hall–Kier alpha value is -2.32. The van der Waals surface area contributed by atoms with Crippen LogP contribution in [0.3, 0.4) is 0 Å². The van der Waals surface area contributed by atoms with E-state index in [9.17, 15) is 14.7 Å². The number of hydrogen-bond acceptors (Lipinski definition) is 7. The minimum atomic E-state index is -0.649. The van der Waals surface area contributed by atoms with Gasteiger partial charge in [0.1, 0.15) is 18.5 Å². The number of ether oxygens (including phenoxy) is 3. The highest BCUT2D eigenvalue weighted by atomic mass is 16.6. The third-order valence-electron chi connectivity index (χ3n) is 4.09. The van der Waals surface area contributed by atoms with E-state index in [1.165, 1.54) is 7.11 Å². The summed E-state index contributed by atoms with van der Waals surface area (Å²) >= 11 is 0. The van der Waals surface area contributed by atoms with E-state index in [0.29, 0.717) is 50.6 Å². The number of amides is 1. The molecule has 1 N–H and O–H groups in total. The Kier molecular flexibility index (Phi) is 7.68. The standard InChI is InChI=1S/C18H26N2O6/c1-3-25-18(23)20-10-8-19(9-11-20)12-15(21)13-26-16-6-4-14(5-7-16)17(22)24-2/h4-7,15,21H,3,8-13H2,1-2H3. The maximum absolute atomic E-state index is 11.7. The van der Waals surface area contributed by atoms with Crippen LogP contribution in [0.1, 0.15) is 17.3 Å². The van der Waals surface area contributed by atoms with Crippen molar-refractivity contribution in [2.75, 3.05) is 53.0 Å². The van der Waals surface area contributed by atoms with Gasteiger partial charge in [-0.2, -0.15) is 0 Å². The van der Waals surface area contributed by atoms with Crippen molar-refractivity contribution in [1.82, 2.24) is 9.80 Å².